The zero-order valence-electron chi connectivity index (χ0n) is 12.0. The Kier molecular flexibility index (Phi) is 6.21. The van der Waals surface area contributed by atoms with Crippen LogP contribution in [0.4, 0.5) is 4.39 Å². The van der Waals surface area contributed by atoms with Crippen LogP contribution < -0.4 is 5.73 Å². The van der Waals surface area contributed by atoms with Crippen LogP contribution >= 0.6 is 0 Å². The van der Waals surface area contributed by atoms with Gasteiger partial charge in [0.1, 0.15) is 5.82 Å². The number of nitrogens with two attached hydrogens (primary N) is 1. The van der Waals surface area contributed by atoms with Gasteiger partial charge in [-0.15, -0.1) is 0 Å². The van der Waals surface area contributed by atoms with E-state index in [0.29, 0.717) is 6.42 Å². The fraction of sp³-hybridized carbons (Fsp3) is 0.133. The Balaban J connectivity index is 0.000000220. The SMILES string of the molecule is Cc1ccc(S(=O)(=O)O)cc1.N=C(N)Cc1ccc(F)cc1. The van der Waals surface area contributed by atoms with Crippen LogP contribution in [0, 0.1) is 18.2 Å². The lowest BCUT2D eigenvalue weighted by molar-refractivity contribution is 0.483. The molecule has 0 spiro atoms. The summed E-state index contributed by atoms with van der Waals surface area (Å²) in [5, 5.41) is 6.97. The van der Waals surface area contributed by atoms with E-state index in [1.54, 1.807) is 24.3 Å². The van der Waals surface area contributed by atoms with Crippen molar-refractivity contribution in [3.05, 3.63) is 65.5 Å². The molecule has 0 aromatic heterocycles. The Bertz CT molecular complexity index is 726. The second-order valence-corrected chi connectivity index (χ2v) is 6.04. The summed E-state index contributed by atoms with van der Waals surface area (Å²) in [5.74, 6) is -0.172. The number of nitrogens with one attached hydrogen (secondary N) is 1. The third-order valence-electron chi connectivity index (χ3n) is 2.63. The van der Waals surface area contributed by atoms with E-state index in [9.17, 15) is 12.8 Å². The average Bonchev–Trinajstić information content (AvgIpc) is 2.41. The molecule has 7 heteroatoms. The number of hydrogen-bond donors (Lipinski definition) is 3. The molecular formula is C15H17FN2O3S. The van der Waals surface area contributed by atoms with Gasteiger partial charge >= 0.3 is 0 Å². The van der Waals surface area contributed by atoms with Crippen LogP contribution in [0.15, 0.2) is 53.4 Å². The molecule has 22 heavy (non-hydrogen) atoms. The van der Waals surface area contributed by atoms with Crippen LogP contribution in [0.2, 0.25) is 0 Å². The average molecular weight is 324 g/mol. The van der Waals surface area contributed by atoms with E-state index in [2.05, 4.69) is 0 Å². The van der Waals surface area contributed by atoms with Crippen molar-refractivity contribution in [3.8, 4) is 0 Å². The minimum absolute atomic E-state index is 0.0666. The molecule has 0 aliphatic carbocycles. The van der Waals surface area contributed by atoms with E-state index in [0.717, 1.165) is 11.1 Å². The summed E-state index contributed by atoms with van der Waals surface area (Å²) in [6.07, 6.45) is 0.389. The molecule has 0 aliphatic rings. The highest BCUT2D eigenvalue weighted by Crippen LogP contribution is 2.08. The topological polar surface area (TPSA) is 104 Å². The van der Waals surface area contributed by atoms with Gasteiger partial charge in [-0.3, -0.25) is 9.96 Å². The van der Waals surface area contributed by atoms with Crippen LogP contribution in [-0.4, -0.2) is 18.8 Å². The van der Waals surface area contributed by atoms with Crippen LogP contribution in [0.1, 0.15) is 11.1 Å². The normalized spacial score (nSPS) is 10.5. The lowest BCUT2D eigenvalue weighted by Crippen LogP contribution is -2.12. The van der Waals surface area contributed by atoms with Gasteiger partial charge in [0.05, 0.1) is 10.7 Å². The van der Waals surface area contributed by atoms with Gasteiger partial charge in [-0.2, -0.15) is 8.42 Å². The van der Waals surface area contributed by atoms with Crippen LogP contribution in [-0.2, 0) is 16.5 Å². The van der Waals surface area contributed by atoms with Gasteiger partial charge in [0, 0.05) is 6.42 Å². The Morgan fingerprint density at radius 3 is 2.05 bits per heavy atom. The standard InChI is InChI=1S/C8H9FN2.C7H8O3S/c9-7-3-1-6(2-4-7)5-8(10)11;1-6-2-4-7(5-3-6)11(8,9)10/h1-4H,5H2,(H3,10,11);2-5H,1H3,(H,8,9,10). The second-order valence-electron chi connectivity index (χ2n) is 4.62. The zero-order chi connectivity index (χ0) is 16.8. The summed E-state index contributed by atoms with van der Waals surface area (Å²) in [6.45, 7) is 1.84. The third-order valence-corrected chi connectivity index (χ3v) is 3.49. The summed E-state index contributed by atoms with van der Waals surface area (Å²) >= 11 is 0. The first kappa shape index (κ1) is 17.8. The molecule has 0 heterocycles. The van der Waals surface area contributed by atoms with Gasteiger partial charge in [-0.05, 0) is 36.8 Å². The van der Waals surface area contributed by atoms with E-state index in [1.165, 1.54) is 24.3 Å². The maximum absolute atomic E-state index is 12.3. The number of aryl methyl sites for hydroxylation is 1. The number of rotatable bonds is 3. The molecule has 5 nitrogen and oxygen atoms in total. The van der Waals surface area contributed by atoms with Crippen LogP contribution in [0.25, 0.3) is 0 Å². The van der Waals surface area contributed by atoms with Crippen molar-refractivity contribution in [2.45, 2.75) is 18.2 Å². The van der Waals surface area contributed by atoms with Crippen molar-refractivity contribution in [1.29, 1.82) is 5.41 Å². The maximum Gasteiger partial charge on any atom is 0.294 e. The monoisotopic (exact) mass is 324 g/mol. The predicted octanol–water partition coefficient (Wildman–Crippen LogP) is 2.55. The summed E-state index contributed by atoms with van der Waals surface area (Å²) < 4.78 is 41.9. The van der Waals surface area contributed by atoms with Crippen molar-refractivity contribution in [2.75, 3.05) is 0 Å². The van der Waals surface area contributed by atoms with E-state index >= 15 is 0 Å². The summed E-state index contributed by atoms with van der Waals surface area (Å²) in [5.41, 5.74) is 6.97. The van der Waals surface area contributed by atoms with Crippen molar-refractivity contribution in [1.82, 2.24) is 0 Å². The van der Waals surface area contributed by atoms with E-state index < -0.39 is 10.1 Å². The highest BCUT2D eigenvalue weighted by molar-refractivity contribution is 7.85. The predicted molar refractivity (Wildman–Crippen MR) is 83.0 cm³/mol. The lowest BCUT2D eigenvalue weighted by Gasteiger charge is -1.97. The van der Waals surface area contributed by atoms with E-state index in [-0.39, 0.29) is 16.5 Å². The van der Waals surface area contributed by atoms with Gasteiger partial charge in [-0.1, -0.05) is 29.8 Å². The molecule has 2 aromatic rings. The Morgan fingerprint density at radius 2 is 1.64 bits per heavy atom. The molecule has 0 fully saturated rings. The van der Waals surface area contributed by atoms with Gasteiger partial charge < -0.3 is 5.73 Å². The highest BCUT2D eigenvalue weighted by Gasteiger charge is 2.06. The van der Waals surface area contributed by atoms with E-state index in [4.69, 9.17) is 15.7 Å². The molecule has 0 aliphatic heterocycles. The van der Waals surface area contributed by atoms with Crippen molar-refractivity contribution >= 4 is 16.0 Å². The summed E-state index contributed by atoms with van der Waals surface area (Å²) in [7, 11) is -4.02. The van der Waals surface area contributed by atoms with Crippen molar-refractivity contribution in [2.24, 2.45) is 5.73 Å². The first-order valence-electron chi connectivity index (χ1n) is 6.30. The van der Waals surface area contributed by atoms with Gasteiger partial charge in [0.25, 0.3) is 10.1 Å². The molecule has 0 unspecified atom stereocenters. The maximum atomic E-state index is 12.3. The minimum atomic E-state index is -4.02. The molecule has 0 saturated heterocycles. The molecule has 118 valence electrons. The highest BCUT2D eigenvalue weighted by atomic mass is 32.2. The molecule has 4 N–H and O–H groups in total. The quantitative estimate of drug-likeness (QED) is 0.458. The van der Waals surface area contributed by atoms with Crippen LogP contribution in [0.5, 0.6) is 0 Å². The Hall–Kier alpha value is -2.25. The molecule has 2 aromatic carbocycles. The number of benzene rings is 2. The number of amidine groups is 1. The molecule has 0 radical (unpaired) electrons. The largest absolute Gasteiger partial charge is 0.387 e. The van der Waals surface area contributed by atoms with Gasteiger partial charge in [0.15, 0.2) is 0 Å². The fourth-order valence-electron chi connectivity index (χ4n) is 1.53. The molecule has 0 bridgehead atoms. The Labute approximate surface area is 128 Å². The summed E-state index contributed by atoms with van der Waals surface area (Å²) in [6, 6.07) is 11.9. The fourth-order valence-corrected chi connectivity index (χ4v) is 2.01. The minimum Gasteiger partial charge on any atom is -0.387 e. The second kappa shape index (κ2) is 7.67. The molecular weight excluding hydrogens is 307 g/mol. The smallest absolute Gasteiger partial charge is 0.294 e. The Morgan fingerprint density at radius 1 is 1.14 bits per heavy atom. The van der Waals surface area contributed by atoms with Gasteiger partial charge in [0.2, 0.25) is 0 Å². The van der Waals surface area contributed by atoms with Gasteiger partial charge in [-0.25, -0.2) is 4.39 Å². The molecule has 0 amide bonds. The van der Waals surface area contributed by atoms with Crippen molar-refractivity contribution < 1.29 is 17.4 Å². The summed E-state index contributed by atoms with van der Waals surface area (Å²) in [4.78, 5) is -0.0666. The third kappa shape index (κ3) is 6.47. The first-order chi connectivity index (χ1) is 10.2. The molecule has 0 atom stereocenters. The van der Waals surface area contributed by atoms with Crippen molar-refractivity contribution in [3.63, 3.8) is 0 Å². The number of halogens is 1. The zero-order valence-corrected chi connectivity index (χ0v) is 12.8. The lowest BCUT2D eigenvalue weighted by atomic mass is 10.1. The molecule has 2 rings (SSSR count). The number of hydrogen-bond acceptors (Lipinski definition) is 3. The van der Waals surface area contributed by atoms with Crippen LogP contribution in [0.3, 0.4) is 0 Å². The van der Waals surface area contributed by atoms with E-state index in [1.807, 2.05) is 6.92 Å². The molecule has 0 saturated carbocycles. The first-order valence-corrected chi connectivity index (χ1v) is 7.74.